The van der Waals surface area contributed by atoms with Crippen LogP contribution < -0.4 is 9.46 Å². The van der Waals surface area contributed by atoms with E-state index in [-0.39, 0.29) is 10.9 Å². The van der Waals surface area contributed by atoms with Crippen molar-refractivity contribution < 1.29 is 13.2 Å². The predicted octanol–water partition coefficient (Wildman–Crippen LogP) is 1.85. The van der Waals surface area contributed by atoms with Crippen molar-refractivity contribution >= 4 is 10.0 Å². The summed E-state index contributed by atoms with van der Waals surface area (Å²) in [5.74, 6) is 1.10. The zero-order chi connectivity index (χ0) is 14.9. The van der Waals surface area contributed by atoms with Crippen molar-refractivity contribution in [3.63, 3.8) is 0 Å². The molecular formula is C14H17N3O3S. The molecule has 1 fully saturated rings. The van der Waals surface area contributed by atoms with Gasteiger partial charge in [-0.25, -0.2) is 13.1 Å². The number of aromatic nitrogens is 2. The van der Waals surface area contributed by atoms with Crippen molar-refractivity contribution in [3.8, 4) is 5.75 Å². The Balaban J connectivity index is 1.85. The maximum Gasteiger partial charge on any atom is 0.244 e. The number of benzene rings is 1. The molecule has 0 spiro atoms. The third kappa shape index (κ3) is 3.08. The average molecular weight is 307 g/mol. The minimum absolute atomic E-state index is 0.154. The SMILES string of the molecule is COc1ccc(C(NS(=O)(=O)c2cn[nH]c2)C2CC2)cc1. The first-order valence-corrected chi connectivity index (χ1v) is 8.23. The lowest BCUT2D eigenvalue weighted by atomic mass is 10.0. The van der Waals surface area contributed by atoms with Crippen LogP contribution in [0.1, 0.15) is 24.4 Å². The summed E-state index contributed by atoms with van der Waals surface area (Å²) in [6, 6.07) is 7.28. The van der Waals surface area contributed by atoms with Crippen LogP contribution in [0.3, 0.4) is 0 Å². The molecule has 6 nitrogen and oxygen atoms in total. The number of nitrogens with zero attached hydrogens (tertiary/aromatic N) is 1. The van der Waals surface area contributed by atoms with E-state index in [1.807, 2.05) is 24.3 Å². The van der Waals surface area contributed by atoms with Gasteiger partial charge in [-0.2, -0.15) is 5.10 Å². The third-order valence-corrected chi connectivity index (χ3v) is 5.04. The summed E-state index contributed by atoms with van der Waals surface area (Å²) in [7, 11) is -1.95. The molecule has 1 atom stereocenters. The number of aromatic amines is 1. The molecule has 0 saturated heterocycles. The predicted molar refractivity (Wildman–Crippen MR) is 77.4 cm³/mol. The van der Waals surface area contributed by atoms with Crippen LogP contribution in [0.2, 0.25) is 0 Å². The first kappa shape index (κ1) is 14.1. The summed E-state index contributed by atoms with van der Waals surface area (Å²) < 4.78 is 32.6. The fourth-order valence-electron chi connectivity index (χ4n) is 2.30. The molecule has 2 aromatic rings. The highest BCUT2D eigenvalue weighted by atomic mass is 32.2. The molecule has 0 radical (unpaired) electrons. The maximum atomic E-state index is 12.3. The Morgan fingerprint density at radius 2 is 2.05 bits per heavy atom. The van der Waals surface area contributed by atoms with E-state index in [1.54, 1.807) is 7.11 Å². The van der Waals surface area contributed by atoms with Crippen LogP contribution in [-0.4, -0.2) is 25.7 Å². The number of ether oxygens (including phenoxy) is 1. The second kappa shape index (κ2) is 5.50. The minimum atomic E-state index is -3.56. The first-order chi connectivity index (χ1) is 10.1. The summed E-state index contributed by atoms with van der Waals surface area (Å²) >= 11 is 0. The quantitative estimate of drug-likeness (QED) is 0.853. The summed E-state index contributed by atoms with van der Waals surface area (Å²) in [5.41, 5.74) is 0.949. The second-order valence-corrected chi connectivity index (χ2v) is 6.86. The molecule has 1 saturated carbocycles. The van der Waals surface area contributed by atoms with Crippen LogP contribution in [0.5, 0.6) is 5.75 Å². The Bertz CT molecular complexity index is 692. The van der Waals surface area contributed by atoms with Gasteiger partial charge in [0.1, 0.15) is 10.6 Å². The summed E-state index contributed by atoms with van der Waals surface area (Å²) in [6.07, 6.45) is 4.75. The van der Waals surface area contributed by atoms with E-state index in [9.17, 15) is 8.42 Å². The number of rotatable bonds is 6. The fourth-order valence-corrected chi connectivity index (χ4v) is 3.50. The molecule has 2 N–H and O–H groups in total. The molecule has 1 aromatic carbocycles. The Kier molecular flexibility index (Phi) is 3.69. The summed E-state index contributed by atoms with van der Waals surface area (Å²) in [4.78, 5) is 0.154. The molecule has 1 heterocycles. The topological polar surface area (TPSA) is 84.1 Å². The van der Waals surface area contributed by atoms with Gasteiger partial charge in [-0.15, -0.1) is 0 Å². The summed E-state index contributed by atoms with van der Waals surface area (Å²) in [6.45, 7) is 0. The van der Waals surface area contributed by atoms with Crippen LogP contribution in [0.4, 0.5) is 0 Å². The fraction of sp³-hybridized carbons (Fsp3) is 0.357. The average Bonchev–Trinajstić information content (AvgIpc) is 3.17. The van der Waals surface area contributed by atoms with Crippen molar-refractivity contribution in [1.82, 2.24) is 14.9 Å². The number of hydrogen-bond acceptors (Lipinski definition) is 4. The van der Waals surface area contributed by atoms with Crippen molar-refractivity contribution in [2.24, 2.45) is 5.92 Å². The molecule has 1 aromatic heterocycles. The normalized spacial score (nSPS) is 16.6. The number of methoxy groups -OCH3 is 1. The van der Waals surface area contributed by atoms with E-state index in [2.05, 4.69) is 14.9 Å². The molecule has 0 bridgehead atoms. The second-order valence-electron chi connectivity index (χ2n) is 5.14. The highest BCUT2D eigenvalue weighted by Crippen LogP contribution is 2.42. The van der Waals surface area contributed by atoms with E-state index in [0.29, 0.717) is 5.92 Å². The lowest BCUT2D eigenvalue weighted by Gasteiger charge is -2.18. The van der Waals surface area contributed by atoms with Gasteiger partial charge >= 0.3 is 0 Å². The third-order valence-electron chi connectivity index (χ3n) is 3.63. The van der Waals surface area contributed by atoms with Crippen LogP contribution >= 0.6 is 0 Å². The monoisotopic (exact) mass is 307 g/mol. The molecule has 21 heavy (non-hydrogen) atoms. The largest absolute Gasteiger partial charge is 0.497 e. The van der Waals surface area contributed by atoms with Crippen molar-refractivity contribution in [1.29, 1.82) is 0 Å². The summed E-state index contributed by atoms with van der Waals surface area (Å²) in [5, 5.41) is 6.21. The standard InChI is InChI=1S/C14H17N3O3S/c1-20-12-6-4-11(5-7-12)14(10-2-3-10)17-21(18,19)13-8-15-16-9-13/h4-10,14,17H,2-3H2,1H3,(H,15,16). The zero-order valence-electron chi connectivity index (χ0n) is 11.6. The Hall–Kier alpha value is -1.86. The van der Waals surface area contributed by atoms with Crippen molar-refractivity contribution in [2.45, 2.75) is 23.8 Å². The van der Waals surface area contributed by atoms with Gasteiger partial charge in [-0.3, -0.25) is 5.10 Å². The van der Waals surface area contributed by atoms with Crippen molar-refractivity contribution in [3.05, 3.63) is 42.2 Å². The van der Waals surface area contributed by atoms with E-state index in [1.165, 1.54) is 12.4 Å². The van der Waals surface area contributed by atoms with E-state index < -0.39 is 10.0 Å². The Morgan fingerprint density at radius 1 is 1.33 bits per heavy atom. The van der Waals surface area contributed by atoms with Crippen molar-refractivity contribution in [2.75, 3.05) is 7.11 Å². The lowest BCUT2D eigenvalue weighted by molar-refractivity contribution is 0.414. The van der Waals surface area contributed by atoms with Crippen LogP contribution in [0.25, 0.3) is 0 Å². The molecule has 1 aliphatic rings. The molecule has 1 unspecified atom stereocenters. The highest BCUT2D eigenvalue weighted by molar-refractivity contribution is 7.89. The van der Waals surface area contributed by atoms with Gasteiger partial charge in [0.25, 0.3) is 0 Å². The number of hydrogen-bond donors (Lipinski definition) is 2. The molecule has 1 aliphatic carbocycles. The van der Waals surface area contributed by atoms with Crippen LogP contribution in [-0.2, 0) is 10.0 Å². The minimum Gasteiger partial charge on any atom is -0.497 e. The van der Waals surface area contributed by atoms with Gasteiger partial charge in [0, 0.05) is 12.2 Å². The first-order valence-electron chi connectivity index (χ1n) is 6.75. The Labute approximate surface area is 123 Å². The van der Waals surface area contributed by atoms with E-state index in [4.69, 9.17) is 4.74 Å². The van der Waals surface area contributed by atoms with Gasteiger partial charge in [0.15, 0.2) is 0 Å². The molecule has 0 aliphatic heterocycles. The van der Waals surface area contributed by atoms with E-state index in [0.717, 1.165) is 24.2 Å². The van der Waals surface area contributed by atoms with E-state index >= 15 is 0 Å². The van der Waals surface area contributed by atoms with Gasteiger partial charge in [0.05, 0.1) is 13.3 Å². The highest BCUT2D eigenvalue weighted by Gasteiger charge is 2.35. The lowest BCUT2D eigenvalue weighted by Crippen LogP contribution is -2.29. The van der Waals surface area contributed by atoms with Gasteiger partial charge < -0.3 is 4.74 Å². The smallest absolute Gasteiger partial charge is 0.244 e. The zero-order valence-corrected chi connectivity index (χ0v) is 12.4. The maximum absolute atomic E-state index is 12.3. The van der Waals surface area contributed by atoms with Gasteiger partial charge in [-0.1, -0.05) is 12.1 Å². The number of H-pyrrole nitrogens is 1. The molecule has 0 amide bonds. The number of nitrogens with one attached hydrogen (secondary N) is 2. The van der Waals surface area contributed by atoms with Gasteiger partial charge in [-0.05, 0) is 36.5 Å². The molecule has 3 rings (SSSR count). The molecular weight excluding hydrogens is 290 g/mol. The van der Waals surface area contributed by atoms with Crippen LogP contribution in [0.15, 0.2) is 41.6 Å². The Morgan fingerprint density at radius 3 is 2.57 bits per heavy atom. The molecule has 7 heteroatoms. The van der Waals surface area contributed by atoms with Gasteiger partial charge in [0.2, 0.25) is 10.0 Å². The number of sulfonamides is 1. The molecule has 112 valence electrons. The van der Waals surface area contributed by atoms with Crippen LogP contribution in [0, 0.1) is 5.92 Å².